The minimum atomic E-state index is -0.0767. The van der Waals surface area contributed by atoms with Gasteiger partial charge in [0.1, 0.15) is 18.1 Å². The van der Waals surface area contributed by atoms with Crippen LogP contribution in [0.25, 0.3) is 0 Å². The van der Waals surface area contributed by atoms with Crippen LogP contribution in [0, 0.1) is 13.8 Å². The first-order valence-corrected chi connectivity index (χ1v) is 8.19. The van der Waals surface area contributed by atoms with Gasteiger partial charge in [-0.1, -0.05) is 13.0 Å². The summed E-state index contributed by atoms with van der Waals surface area (Å²) in [5, 5.41) is 2.88. The number of nitrogens with one attached hydrogen (secondary N) is 1. The van der Waals surface area contributed by atoms with Crippen LogP contribution in [0.5, 0.6) is 11.5 Å². The van der Waals surface area contributed by atoms with Gasteiger partial charge in [0.05, 0.1) is 7.11 Å². The van der Waals surface area contributed by atoms with Crippen LogP contribution in [0.4, 0.5) is 0 Å². The minimum absolute atomic E-state index is 0.0767. The van der Waals surface area contributed by atoms with E-state index in [1.54, 1.807) is 19.2 Å². The van der Waals surface area contributed by atoms with Gasteiger partial charge in [0.15, 0.2) is 0 Å². The molecule has 0 radical (unpaired) electrons. The molecular formula is C20H25NO3. The highest BCUT2D eigenvalue weighted by Gasteiger charge is 2.11. The molecule has 24 heavy (non-hydrogen) atoms. The van der Waals surface area contributed by atoms with E-state index in [0.717, 1.165) is 28.9 Å². The Labute approximate surface area is 143 Å². The fourth-order valence-electron chi connectivity index (χ4n) is 2.55. The van der Waals surface area contributed by atoms with Crippen LogP contribution in [0.1, 0.15) is 40.4 Å². The fourth-order valence-corrected chi connectivity index (χ4v) is 2.55. The molecule has 2 aromatic rings. The predicted octanol–water partition coefficient (Wildman–Crippen LogP) is 4.03. The zero-order valence-electron chi connectivity index (χ0n) is 14.8. The SMILES string of the molecule is CCCNC(=O)c1ccc(OC)c(COc2cc(C)cc(C)c2)c1. The van der Waals surface area contributed by atoms with Crippen molar-refractivity contribution in [2.24, 2.45) is 0 Å². The van der Waals surface area contributed by atoms with E-state index in [9.17, 15) is 4.79 Å². The number of hydrogen-bond acceptors (Lipinski definition) is 3. The summed E-state index contributed by atoms with van der Waals surface area (Å²) in [6.07, 6.45) is 0.907. The molecule has 0 fully saturated rings. The van der Waals surface area contributed by atoms with E-state index in [0.29, 0.717) is 24.5 Å². The highest BCUT2D eigenvalue weighted by atomic mass is 16.5. The van der Waals surface area contributed by atoms with E-state index < -0.39 is 0 Å². The maximum absolute atomic E-state index is 12.1. The second-order valence-electron chi connectivity index (χ2n) is 5.89. The molecule has 0 aliphatic carbocycles. The average Bonchev–Trinajstić information content (AvgIpc) is 2.56. The number of carbonyl (C=O) groups is 1. The standard InChI is InChI=1S/C20H25NO3/c1-5-8-21-20(22)16-6-7-19(23-4)17(12-16)13-24-18-10-14(2)9-15(3)11-18/h6-7,9-12H,5,8,13H2,1-4H3,(H,21,22). The molecule has 0 spiro atoms. The van der Waals surface area contributed by atoms with E-state index in [1.165, 1.54) is 0 Å². The lowest BCUT2D eigenvalue weighted by Gasteiger charge is -2.13. The number of amides is 1. The largest absolute Gasteiger partial charge is 0.496 e. The molecule has 4 heteroatoms. The normalized spacial score (nSPS) is 10.3. The molecule has 0 aliphatic heterocycles. The zero-order valence-corrected chi connectivity index (χ0v) is 14.8. The summed E-state index contributed by atoms with van der Waals surface area (Å²) in [7, 11) is 1.62. The van der Waals surface area contributed by atoms with Crippen molar-refractivity contribution in [2.75, 3.05) is 13.7 Å². The third kappa shape index (κ3) is 4.75. The van der Waals surface area contributed by atoms with Gasteiger partial charge in [0.25, 0.3) is 5.91 Å². The lowest BCUT2D eigenvalue weighted by molar-refractivity contribution is 0.0953. The van der Waals surface area contributed by atoms with Gasteiger partial charge >= 0.3 is 0 Å². The fraction of sp³-hybridized carbons (Fsp3) is 0.350. The Bertz CT molecular complexity index is 690. The second kappa shape index (κ2) is 8.39. The smallest absolute Gasteiger partial charge is 0.251 e. The molecule has 0 saturated carbocycles. The number of benzene rings is 2. The third-order valence-corrected chi connectivity index (χ3v) is 3.67. The molecule has 2 rings (SSSR count). The first-order valence-electron chi connectivity index (χ1n) is 8.19. The molecule has 1 N–H and O–H groups in total. The molecule has 0 aromatic heterocycles. The predicted molar refractivity (Wildman–Crippen MR) is 95.9 cm³/mol. The van der Waals surface area contributed by atoms with Crippen LogP contribution >= 0.6 is 0 Å². The molecule has 0 heterocycles. The van der Waals surface area contributed by atoms with E-state index in [2.05, 4.69) is 11.4 Å². The summed E-state index contributed by atoms with van der Waals surface area (Å²) >= 11 is 0. The van der Waals surface area contributed by atoms with Gasteiger partial charge < -0.3 is 14.8 Å². The van der Waals surface area contributed by atoms with Crippen molar-refractivity contribution in [3.63, 3.8) is 0 Å². The third-order valence-electron chi connectivity index (χ3n) is 3.67. The molecule has 128 valence electrons. The van der Waals surface area contributed by atoms with Crippen LogP contribution in [-0.4, -0.2) is 19.6 Å². The molecule has 1 amide bonds. The van der Waals surface area contributed by atoms with Gasteiger partial charge in [-0.15, -0.1) is 0 Å². The van der Waals surface area contributed by atoms with Gasteiger partial charge in [-0.2, -0.15) is 0 Å². The lowest BCUT2D eigenvalue weighted by atomic mass is 10.1. The maximum atomic E-state index is 12.1. The molecule has 0 saturated heterocycles. The summed E-state index contributed by atoms with van der Waals surface area (Å²) in [4.78, 5) is 12.1. The highest BCUT2D eigenvalue weighted by Crippen LogP contribution is 2.23. The monoisotopic (exact) mass is 327 g/mol. The van der Waals surface area contributed by atoms with Crippen molar-refractivity contribution >= 4 is 5.91 Å². The number of carbonyl (C=O) groups excluding carboxylic acids is 1. The van der Waals surface area contributed by atoms with Crippen molar-refractivity contribution in [2.45, 2.75) is 33.8 Å². The van der Waals surface area contributed by atoms with Crippen molar-refractivity contribution < 1.29 is 14.3 Å². The van der Waals surface area contributed by atoms with Gasteiger partial charge in [0, 0.05) is 17.7 Å². The number of methoxy groups -OCH3 is 1. The second-order valence-corrected chi connectivity index (χ2v) is 5.89. The molecule has 2 aromatic carbocycles. The highest BCUT2D eigenvalue weighted by molar-refractivity contribution is 5.94. The Kier molecular flexibility index (Phi) is 6.24. The number of aryl methyl sites for hydroxylation is 2. The number of hydrogen-bond donors (Lipinski definition) is 1. The molecule has 4 nitrogen and oxygen atoms in total. The Hall–Kier alpha value is -2.49. The zero-order chi connectivity index (χ0) is 17.5. The molecule has 0 atom stereocenters. The van der Waals surface area contributed by atoms with Crippen molar-refractivity contribution in [1.29, 1.82) is 0 Å². The van der Waals surface area contributed by atoms with Crippen LogP contribution in [0.15, 0.2) is 36.4 Å². The quantitative estimate of drug-likeness (QED) is 0.835. The Morgan fingerprint density at radius 3 is 2.42 bits per heavy atom. The Morgan fingerprint density at radius 2 is 1.79 bits per heavy atom. The summed E-state index contributed by atoms with van der Waals surface area (Å²) in [6.45, 7) is 7.12. The Morgan fingerprint density at radius 1 is 1.08 bits per heavy atom. The molecule has 0 bridgehead atoms. The van der Waals surface area contributed by atoms with Crippen molar-refractivity contribution in [1.82, 2.24) is 5.32 Å². The van der Waals surface area contributed by atoms with Gasteiger partial charge in [-0.3, -0.25) is 4.79 Å². The van der Waals surface area contributed by atoms with Crippen LogP contribution in [0.2, 0.25) is 0 Å². The Balaban J connectivity index is 2.16. The lowest BCUT2D eigenvalue weighted by Crippen LogP contribution is -2.24. The summed E-state index contributed by atoms with van der Waals surface area (Å²) in [6, 6.07) is 11.5. The van der Waals surface area contributed by atoms with Gasteiger partial charge in [-0.25, -0.2) is 0 Å². The molecule has 0 unspecified atom stereocenters. The topological polar surface area (TPSA) is 47.6 Å². The first kappa shape index (κ1) is 17.9. The van der Waals surface area contributed by atoms with Crippen molar-refractivity contribution in [3.05, 3.63) is 58.7 Å². The van der Waals surface area contributed by atoms with Gasteiger partial charge in [0.2, 0.25) is 0 Å². The van der Waals surface area contributed by atoms with E-state index in [1.807, 2.05) is 39.0 Å². The first-order chi connectivity index (χ1) is 11.5. The summed E-state index contributed by atoms with van der Waals surface area (Å²) in [5.41, 5.74) is 3.78. The van der Waals surface area contributed by atoms with Gasteiger partial charge in [-0.05, 0) is 61.7 Å². The van der Waals surface area contributed by atoms with E-state index >= 15 is 0 Å². The van der Waals surface area contributed by atoms with E-state index in [4.69, 9.17) is 9.47 Å². The van der Waals surface area contributed by atoms with E-state index in [-0.39, 0.29) is 5.91 Å². The number of rotatable bonds is 7. The van der Waals surface area contributed by atoms with Crippen molar-refractivity contribution in [3.8, 4) is 11.5 Å². The molecular weight excluding hydrogens is 302 g/mol. The van der Waals surface area contributed by atoms with Crippen LogP contribution < -0.4 is 14.8 Å². The number of ether oxygens (including phenoxy) is 2. The minimum Gasteiger partial charge on any atom is -0.496 e. The maximum Gasteiger partial charge on any atom is 0.251 e. The molecule has 0 aliphatic rings. The average molecular weight is 327 g/mol. The van der Waals surface area contributed by atoms with Crippen LogP contribution in [0.3, 0.4) is 0 Å². The summed E-state index contributed by atoms with van der Waals surface area (Å²) < 4.78 is 11.3. The van der Waals surface area contributed by atoms with Crippen LogP contribution in [-0.2, 0) is 6.61 Å². The summed E-state index contributed by atoms with van der Waals surface area (Å²) in [5.74, 6) is 1.45.